The minimum Gasteiger partial charge on any atom is -0.489 e. The molecule has 1 aliphatic rings. The predicted molar refractivity (Wildman–Crippen MR) is 126 cm³/mol. The third-order valence-corrected chi connectivity index (χ3v) is 6.35. The summed E-state index contributed by atoms with van der Waals surface area (Å²) in [4.78, 5) is 30.0. The molecule has 9 heteroatoms. The standard InChI is InChI=1S/C23H34N2O6S/c1-7-11-17(18-13-16(28-12-8-2)14-19(26)31-18)24-20(27)22(5)15-32-21(25-22)23(6,29-9-3)30-10-4/h8,13-14,17H,2,7,9-12,15H2,1,3-6H3,(H,24,27)/t17-,22+/m1/s1. The Labute approximate surface area is 193 Å². The summed E-state index contributed by atoms with van der Waals surface area (Å²) in [5.41, 5.74) is -1.54. The lowest BCUT2D eigenvalue weighted by atomic mass is 10.0. The van der Waals surface area contributed by atoms with Crippen LogP contribution in [0.1, 0.15) is 59.3 Å². The molecule has 0 radical (unpaired) electrons. The highest BCUT2D eigenvalue weighted by molar-refractivity contribution is 8.14. The summed E-state index contributed by atoms with van der Waals surface area (Å²) in [6.45, 7) is 14.2. The van der Waals surface area contributed by atoms with E-state index in [1.807, 2.05) is 27.7 Å². The van der Waals surface area contributed by atoms with E-state index in [9.17, 15) is 9.59 Å². The summed E-state index contributed by atoms with van der Waals surface area (Å²) >= 11 is 1.45. The van der Waals surface area contributed by atoms with Crippen molar-refractivity contribution < 1.29 is 23.4 Å². The van der Waals surface area contributed by atoms with Gasteiger partial charge in [-0.2, -0.15) is 0 Å². The molecule has 0 aliphatic carbocycles. The molecule has 0 aromatic carbocycles. The van der Waals surface area contributed by atoms with Crippen molar-refractivity contribution in [2.75, 3.05) is 25.6 Å². The lowest BCUT2D eigenvalue weighted by Gasteiger charge is -2.28. The summed E-state index contributed by atoms with van der Waals surface area (Å²) < 4.78 is 22.5. The van der Waals surface area contributed by atoms with Gasteiger partial charge in [-0.25, -0.2) is 4.79 Å². The second kappa shape index (κ2) is 11.7. The molecule has 2 atom stereocenters. The molecule has 2 rings (SSSR count). The second-order valence-corrected chi connectivity index (χ2v) is 8.68. The lowest BCUT2D eigenvalue weighted by molar-refractivity contribution is -0.169. The van der Waals surface area contributed by atoms with E-state index in [0.29, 0.717) is 41.9 Å². The number of carbonyl (C=O) groups is 1. The fraction of sp³-hybridized carbons (Fsp3) is 0.609. The van der Waals surface area contributed by atoms with Crippen LogP contribution >= 0.6 is 11.8 Å². The van der Waals surface area contributed by atoms with Gasteiger partial charge >= 0.3 is 5.63 Å². The quantitative estimate of drug-likeness (QED) is 0.348. The van der Waals surface area contributed by atoms with Crippen LogP contribution in [0.15, 0.2) is 39.0 Å². The number of thioether (sulfide) groups is 1. The Morgan fingerprint density at radius 1 is 1.38 bits per heavy atom. The molecule has 178 valence electrons. The van der Waals surface area contributed by atoms with Crippen molar-refractivity contribution in [2.24, 2.45) is 4.99 Å². The highest BCUT2D eigenvalue weighted by Crippen LogP contribution is 2.36. The van der Waals surface area contributed by atoms with Crippen LogP contribution < -0.4 is 15.7 Å². The van der Waals surface area contributed by atoms with Crippen molar-refractivity contribution in [2.45, 2.75) is 64.8 Å². The van der Waals surface area contributed by atoms with Crippen LogP contribution in [0.2, 0.25) is 0 Å². The Morgan fingerprint density at radius 3 is 2.66 bits per heavy atom. The molecule has 1 aromatic rings. The van der Waals surface area contributed by atoms with E-state index in [1.165, 1.54) is 17.8 Å². The van der Waals surface area contributed by atoms with Gasteiger partial charge in [-0.3, -0.25) is 9.79 Å². The lowest BCUT2D eigenvalue weighted by Crippen LogP contribution is -2.45. The number of nitrogens with one attached hydrogen (secondary N) is 1. The normalized spacial score (nSPS) is 19.3. The molecule has 0 spiro atoms. The zero-order chi connectivity index (χ0) is 23.8. The number of ether oxygens (including phenoxy) is 3. The van der Waals surface area contributed by atoms with Gasteiger partial charge in [-0.05, 0) is 34.1 Å². The van der Waals surface area contributed by atoms with Crippen LogP contribution in [0, 0.1) is 0 Å². The Bertz CT molecular complexity index is 877. The zero-order valence-electron chi connectivity index (χ0n) is 19.6. The van der Waals surface area contributed by atoms with Crippen molar-refractivity contribution in [1.82, 2.24) is 5.32 Å². The number of amides is 1. The van der Waals surface area contributed by atoms with Gasteiger partial charge in [-0.15, -0.1) is 11.8 Å². The van der Waals surface area contributed by atoms with E-state index in [4.69, 9.17) is 23.6 Å². The van der Waals surface area contributed by atoms with E-state index < -0.39 is 23.0 Å². The molecule has 8 nitrogen and oxygen atoms in total. The number of rotatable bonds is 13. The highest BCUT2D eigenvalue weighted by atomic mass is 32.2. The first-order valence-corrected chi connectivity index (χ1v) is 11.9. The zero-order valence-corrected chi connectivity index (χ0v) is 20.4. The van der Waals surface area contributed by atoms with Crippen LogP contribution in [-0.4, -0.2) is 47.9 Å². The number of nitrogens with zero attached hydrogens (tertiary/aromatic N) is 1. The average Bonchev–Trinajstić information content (AvgIpc) is 3.16. The molecular weight excluding hydrogens is 432 g/mol. The number of carbonyl (C=O) groups excluding carboxylic acids is 1. The summed E-state index contributed by atoms with van der Waals surface area (Å²) in [5.74, 6) is -0.0698. The Morgan fingerprint density at radius 2 is 2.06 bits per heavy atom. The van der Waals surface area contributed by atoms with Crippen molar-refractivity contribution in [3.8, 4) is 5.75 Å². The van der Waals surface area contributed by atoms with E-state index in [2.05, 4.69) is 11.9 Å². The maximum atomic E-state index is 13.3. The molecule has 0 fully saturated rings. The Hall–Kier alpha value is -2.10. The SMILES string of the molecule is C=CCOc1cc([C@@H](CCC)NC(=O)[C@]2(C)CSC(C(C)(OCC)OCC)=N2)oc(=O)c1. The first kappa shape index (κ1) is 26.2. The third kappa shape index (κ3) is 6.46. The summed E-state index contributed by atoms with van der Waals surface area (Å²) in [6.07, 6.45) is 2.96. The molecule has 1 N–H and O–H groups in total. The summed E-state index contributed by atoms with van der Waals surface area (Å²) in [6, 6.07) is 2.41. The van der Waals surface area contributed by atoms with Crippen molar-refractivity contribution >= 4 is 22.7 Å². The maximum Gasteiger partial charge on any atom is 0.339 e. The topological polar surface area (TPSA) is 99.4 Å². The van der Waals surface area contributed by atoms with Gasteiger partial charge in [-0.1, -0.05) is 26.0 Å². The smallest absolute Gasteiger partial charge is 0.339 e. The molecule has 0 unspecified atom stereocenters. The van der Waals surface area contributed by atoms with Crippen molar-refractivity contribution in [1.29, 1.82) is 0 Å². The van der Waals surface area contributed by atoms with Crippen LogP contribution in [0.4, 0.5) is 0 Å². The van der Waals surface area contributed by atoms with Gasteiger partial charge in [0.05, 0.1) is 12.1 Å². The minimum absolute atomic E-state index is 0.256. The first-order chi connectivity index (χ1) is 15.2. The molecular formula is C23H34N2O6S. The fourth-order valence-electron chi connectivity index (χ4n) is 3.33. The van der Waals surface area contributed by atoms with Gasteiger partial charge in [0.1, 0.15) is 28.7 Å². The van der Waals surface area contributed by atoms with Gasteiger partial charge in [0, 0.05) is 25.0 Å². The first-order valence-electron chi connectivity index (χ1n) is 10.9. The van der Waals surface area contributed by atoms with E-state index in [1.54, 1.807) is 19.1 Å². The van der Waals surface area contributed by atoms with Crippen LogP contribution in [0.25, 0.3) is 0 Å². The third-order valence-electron chi connectivity index (χ3n) is 4.91. The van der Waals surface area contributed by atoms with Crippen molar-refractivity contribution in [3.05, 3.63) is 41.0 Å². The van der Waals surface area contributed by atoms with E-state index in [-0.39, 0.29) is 12.5 Å². The van der Waals surface area contributed by atoms with Gasteiger partial charge in [0.15, 0.2) is 0 Å². The number of hydrogen-bond donors (Lipinski definition) is 1. The number of hydrogen-bond acceptors (Lipinski definition) is 8. The summed E-state index contributed by atoms with van der Waals surface area (Å²) in [7, 11) is 0. The molecule has 32 heavy (non-hydrogen) atoms. The summed E-state index contributed by atoms with van der Waals surface area (Å²) in [5, 5.41) is 3.65. The van der Waals surface area contributed by atoms with Gasteiger partial charge in [0.2, 0.25) is 11.7 Å². The van der Waals surface area contributed by atoms with E-state index in [0.717, 1.165) is 6.42 Å². The Balaban J connectivity index is 2.26. The highest BCUT2D eigenvalue weighted by Gasteiger charge is 2.45. The monoisotopic (exact) mass is 466 g/mol. The maximum absolute atomic E-state index is 13.3. The fourth-order valence-corrected chi connectivity index (χ4v) is 4.59. The molecule has 1 amide bonds. The van der Waals surface area contributed by atoms with Gasteiger partial charge in [0.25, 0.3) is 0 Å². The molecule has 0 saturated carbocycles. The predicted octanol–water partition coefficient (Wildman–Crippen LogP) is 3.86. The van der Waals surface area contributed by atoms with Crippen LogP contribution in [0.5, 0.6) is 5.75 Å². The largest absolute Gasteiger partial charge is 0.489 e. The molecule has 0 bridgehead atoms. The second-order valence-electron chi connectivity index (χ2n) is 7.72. The minimum atomic E-state index is -1.00. The Kier molecular flexibility index (Phi) is 9.54. The average molecular weight is 467 g/mol. The van der Waals surface area contributed by atoms with Crippen LogP contribution in [-0.2, 0) is 14.3 Å². The molecule has 2 heterocycles. The molecule has 1 aliphatic heterocycles. The van der Waals surface area contributed by atoms with Gasteiger partial charge < -0.3 is 23.9 Å². The van der Waals surface area contributed by atoms with Crippen molar-refractivity contribution in [3.63, 3.8) is 0 Å². The molecule has 0 saturated heterocycles. The van der Waals surface area contributed by atoms with E-state index >= 15 is 0 Å². The number of aliphatic imine (C=N–C) groups is 1. The van der Waals surface area contributed by atoms with Crippen LogP contribution in [0.3, 0.4) is 0 Å². The molecule has 1 aromatic heterocycles.